The van der Waals surface area contributed by atoms with Crippen molar-refractivity contribution in [3.05, 3.63) is 47.4 Å². The molecule has 1 N–H and O–H groups in total. The van der Waals surface area contributed by atoms with Gasteiger partial charge in [0, 0.05) is 42.9 Å². The van der Waals surface area contributed by atoms with Crippen LogP contribution in [0.25, 0.3) is 11.1 Å². The van der Waals surface area contributed by atoms with Gasteiger partial charge in [-0.05, 0) is 46.4 Å². The summed E-state index contributed by atoms with van der Waals surface area (Å²) in [6.07, 6.45) is 1.37. The topological polar surface area (TPSA) is 88.6 Å². The molecule has 0 bridgehead atoms. The van der Waals surface area contributed by atoms with Gasteiger partial charge in [-0.15, -0.1) is 0 Å². The number of halogens is 1. The number of nitrogens with one attached hydrogen (secondary N) is 1. The lowest BCUT2D eigenvalue weighted by atomic mass is 9.88. The molecular weight excluding hydrogens is 465 g/mol. The van der Waals surface area contributed by atoms with Crippen molar-refractivity contribution in [3.8, 4) is 17.0 Å². The van der Waals surface area contributed by atoms with Gasteiger partial charge in [0.05, 0.1) is 13.5 Å². The lowest BCUT2D eigenvalue weighted by molar-refractivity contribution is -0.118. The van der Waals surface area contributed by atoms with Crippen LogP contribution in [0.15, 0.2) is 30.5 Å². The molecule has 0 spiro atoms. The Morgan fingerprint density at radius 1 is 1.30 bits per heavy atom. The van der Waals surface area contributed by atoms with Gasteiger partial charge in [-0.2, -0.15) is 11.8 Å². The summed E-state index contributed by atoms with van der Waals surface area (Å²) in [5.41, 5.74) is 2.41. The van der Waals surface area contributed by atoms with Gasteiger partial charge in [0.15, 0.2) is 0 Å². The predicted molar refractivity (Wildman–Crippen MR) is 128 cm³/mol. The maximum absolute atomic E-state index is 14.5. The first kappa shape index (κ1) is 24.0. The number of nitrogens with zero attached hydrogens (tertiary/aromatic N) is 2. The quantitative estimate of drug-likeness (QED) is 0.605. The highest BCUT2D eigenvalue weighted by Gasteiger charge is 2.42. The summed E-state index contributed by atoms with van der Waals surface area (Å²) < 4.78 is 47.4. The normalized spacial score (nSPS) is 17.5. The minimum absolute atomic E-state index is 0.0665. The van der Waals surface area contributed by atoms with Gasteiger partial charge in [-0.3, -0.25) is 14.4 Å². The average molecular weight is 494 g/mol. The molecular formula is C23H28FN3O4S2. The van der Waals surface area contributed by atoms with E-state index in [1.54, 1.807) is 18.3 Å². The Kier molecular flexibility index (Phi) is 6.97. The van der Waals surface area contributed by atoms with Crippen molar-refractivity contribution < 1.29 is 22.3 Å². The number of amides is 1. The van der Waals surface area contributed by atoms with Crippen LogP contribution >= 0.6 is 11.8 Å². The zero-order chi connectivity index (χ0) is 23.8. The summed E-state index contributed by atoms with van der Waals surface area (Å²) in [6.45, 7) is 4.71. The van der Waals surface area contributed by atoms with E-state index in [-0.39, 0.29) is 12.3 Å². The number of sulfonamides is 1. The molecule has 7 nitrogen and oxygen atoms in total. The number of thioether (sulfide) groups is 1. The van der Waals surface area contributed by atoms with Crippen molar-refractivity contribution in [2.24, 2.45) is 0 Å². The number of hydrogen-bond donors (Lipinski definition) is 1. The Bertz CT molecular complexity index is 1150. The number of likely N-dealkylation sites (tertiary alicyclic amines) is 1. The van der Waals surface area contributed by atoms with Crippen LogP contribution < -0.4 is 9.46 Å². The molecule has 4 rings (SSSR count). The largest absolute Gasteiger partial charge is 0.481 e. The van der Waals surface area contributed by atoms with Crippen molar-refractivity contribution in [1.82, 2.24) is 14.6 Å². The Morgan fingerprint density at radius 3 is 2.64 bits per heavy atom. The number of pyridine rings is 1. The highest BCUT2D eigenvalue weighted by atomic mass is 32.2. The van der Waals surface area contributed by atoms with Crippen LogP contribution in [0.1, 0.15) is 30.9 Å². The number of rotatable bonds is 8. The van der Waals surface area contributed by atoms with E-state index in [1.807, 2.05) is 25.6 Å². The molecule has 2 saturated heterocycles. The third-order valence-corrected chi connectivity index (χ3v) is 9.10. The lowest BCUT2D eigenvalue weighted by Crippen LogP contribution is -2.63. The molecule has 178 valence electrons. The Morgan fingerprint density at radius 2 is 2.03 bits per heavy atom. The van der Waals surface area contributed by atoms with Gasteiger partial charge in [-0.25, -0.2) is 17.8 Å². The van der Waals surface area contributed by atoms with Crippen molar-refractivity contribution in [2.75, 3.05) is 31.7 Å². The molecule has 0 radical (unpaired) electrons. The molecule has 0 aliphatic carbocycles. The Hall–Kier alpha value is -2.17. The molecule has 2 fully saturated rings. The number of hydrogen-bond acceptors (Lipinski definition) is 7. The number of carbonyl (C=O) groups excluding carboxylic acids is 1. The molecule has 0 unspecified atom stereocenters. The zero-order valence-electron chi connectivity index (χ0n) is 18.9. The zero-order valence-corrected chi connectivity index (χ0v) is 20.5. The summed E-state index contributed by atoms with van der Waals surface area (Å²) in [5, 5.41) is -0.589. The maximum Gasteiger partial charge on any atom is 0.240 e. The summed E-state index contributed by atoms with van der Waals surface area (Å²) in [5.74, 6) is 1.31. The van der Waals surface area contributed by atoms with Crippen LogP contribution in [0.2, 0.25) is 0 Å². The van der Waals surface area contributed by atoms with E-state index in [9.17, 15) is 17.6 Å². The first-order chi connectivity index (χ1) is 15.7. The molecule has 1 amide bonds. The van der Waals surface area contributed by atoms with Gasteiger partial charge < -0.3 is 4.74 Å². The number of ether oxygens (including phenoxy) is 1. The van der Waals surface area contributed by atoms with E-state index in [1.165, 1.54) is 19.2 Å². The molecule has 2 aromatic rings. The molecule has 33 heavy (non-hydrogen) atoms. The first-order valence-corrected chi connectivity index (χ1v) is 13.6. The fourth-order valence-corrected chi connectivity index (χ4v) is 6.35. The maximum atomic E-state index is 14.5. The highest BCUT2D eigenvalue weighted by Crippen LogP contribution is 2.33. The van der Waals surface area contributed by atoms with E-state index in [0.717, 1.165) is 11.5 Å². The second kappa shape index (κ2) is 9.60. The van der Waals surface area contributed by atoms with E-state index in [2.05, 4.69) is 14.6 Å². The first-order valence-electron chi connectivity index (χ1n) is 10.9. The van der Waals surface area contributed by atoms with Gasteiger partial charge in [0.2, 0.25) is 21.8 Å². The van der Waals surface area contributed by atoms with Crippen LogP contribution in [0.4, 0.5) is 4.39 Å². The van der Waals surface area contributed by atoms with E-state index < -0.39 is 27.0 Å². The number of methoxy groups -OCH3 is 1. The van der Waals surface area contributed by atoms with Crippen molar-refractivity contribution in [1.29, 1.82) is 0 Å². The fourth-order valence-electron chi connectivity index (χ4n) is 4.15. The summed E-state index contributed by atoms with van der Waals surface area (Å²) in [6, 6.07) is 6.59. The molecule has 3 heterocycles. The van der Waals surface area contributed by atoms with Crippen LogP contribution in [0.3, 0.4) is 0 Å². The molecule has 1 aromatic heterocycles. The number of aromatic nitrogens is 1. The monoisotopic (exact) mass is 493 g/mol. The molecule has 10 heteroatoms. The molecule has 0 saturated carbocycles. The van der Waals surface area contributed by atoms with Crippen molar-refractivity contribution in [3.63, 3.8) is 0 Å². The average Bonchev–Trinajstić information content (AvgIpc) is 2.69. The Labute approximate surface area is 198 Å². The SMILES string of the molecule is COc1cc(-c2cc(F)cc(C(C)C)c2CC(=O)NS(=O)(=O)C2CN(C3CSC3)C2)ccn1. The minimum Gasteiger partial charge on any atom is -0.481 e. The van der Waals surface area contributed by atoms with Crippen molar-refractivity contribution >= 4 is 27.7 Å². The Balaban J connectivity index is 1.56. The third kappa shape index (κ3) is 5.17. The summed E-state index contributed by atoms with van der Waals surface area (Å²) in [7, 11) is -2.29. The highest BCUT2D eigenvalue weighted by molar-refractivity contribution is 8.00. The summed E-state index contributed by atoms with van der Waals surface area (Å²) >= 11 is 1.85. The van der Waals surface area contributed by atoms with Crippen LogP contribution in [-0.4, -0.2) is 67.2 Å². The fraction of sp³-hybridized carbons (Fsp3) is 0.478. The smallest absolute Gasteiger partial charge is 0.240 e. The summed E-state index contributed by atoms with van der Waals surface area (Å²) in [4.78, 5) is 19.1. The van der Waals surface area contributed by atoms with Crippen LogP contribution in [-0.2, 0) is 21.2 Å². The molecule has 2 aliphatic rings. The molecule has 1 aromatic carbocycles. The molecule has 2 aliphatic heterocycles. The third-order valence-electron chi connectivity index (χ3n) is 6.17. The minimum atomic E-state index is -3.77. The number of carbonyl (C=O) groups is 1. The van der Waals surface area contributed by atoms with Crippen LogP contribution in [0, 0.1) is 5.82 Å². The van der Waals surface area contributed by atoms with E-state index >= 15 is 0 Å². The van der Waals surface area contributed by atoms with Gasteiger partial charge in [0.25, 0.3) is 0 Å². The molecule has 0 atom stereocenters. The predicted octanol–water partition coefficient (Wildman–Crippen LogP) is 2.81. The van der Waals surface area contributed by atoms with E-state index in [4.69, 9.17) is 4.74 Å². The van der Waals surface area contributed by atoms with Gasteiger partial charge in [0.1, 0.15) is 11.1 Å². The number of benzene rings is 1. The lowest BCUT2D eigenvalue weighted by Gasteiger charge is -2.46. The van der Waals surface area contributed by atoms with Crippen molar-refractivity contribution in [2.45, 2.75) is 37.5 Å². The second-order valence-electron chi connectivity index (χ2n) is 8.78. The van der Waals surface area contributed by atoms with E-state index in [0.29, 0.717) is 47.3 Å². The second-order valence-corrected chi connectivity index (χ2v) is 11.8. The van der Waals surface area contributed by atoms with Gasteiger partial charge in [-0.1, -0.05) is 13.8 Å². The standard InChI is InChI=1S/C23H28FN3O4S2/c1-14(2)19-7-16(24)8-20(15-4-5-25-23(6-15)31-3)21(19)9-22(28)26-33(29,30)18-10-27(11-18)17-12-32-13-17/h4-8,14,17-18H,9-13H2,1-3H3,(H,26,28). The van der Waals surface area contributed by atoms with Crippen LogP contribution in [0.5, 0.6) is 5.88 Å². The van der Waals surface area contributed by atoms with Gasteiger partial charge >= 0.3 is 0 Å².